The molecule has 1 rings (SSSR count). The van der Waals surface area contributed by atoms with E-state index >= 15 is 0 Å². The Hall–Kier alpha value is -0.540. The van der Waals surface area contributed by atoms with Crippen LogP contribution >= 0.6 is 11.8 Å². The van der Waals surface area contributed by atoms with Gasteiger partial charge in [-0.2, -0.15) is 11.8 Å². The first-order valence-corrected chi connectivity index (χ1v) is 6.98. The van der Waals surface area contributed by atoms with Crippen molar-refractivity contribution in [1.82, 2.24) is 5.32 Å². The van der Waals surface area contributed by atoms with Crippen LogP contribution in [-0.4, -0.2) is 18.1 Å². The van der Waals surface area contributed by atoms with E-state index < -0.39 is 0 Å². The van der Waals surface area contributed by atoms with Crippen LogP contribution < -0.4 is 5.32 Å². The van der Waals surface area contributed by atoms with Gasteiger partial charge in [0.15, 0.2) is 0 Å². The van der Waals surface area contributed by atoms with Gasteiger partial charge in [0, 0.05) is 23.4 Å². The predicted octanol–water partition coefficient (Wildman–Crippen LogP) is 3.62. The smallest absolute Gasteiger partial charge is 0.127 e. The summed E-state index contributed by atoms with van der Waals surface area (Å²) in [5, 5.41) is 3.97. The third kappa shape index (κ3) is 3.80. The zero-order valence-electron chi connectivity index (χ0n) is 10.2. The van der Waals surface area contributed by atoms with Gasteiger partial charge >= 0.3 is 0 Å². The molecule has 0 aliphatic heterocycles. The minimum absolute atomic E-state index is 0.112. The molecule has 0 saturated carbocycles. The lowest BCUT2D eigenvalue weighted by Crippen LogP contribution is -2.27. The Kier molecular flexibility index (Phi) is 5.85. The summed E-state index contributed by atoms with van der Waals surface area (Å²) in [6.45, 7) is 5.16. The van der Waals surface area contributed by atoms with Crippen LogP contribution in [0.25, 0.3) is 0 Å². The van der Waals surface area contributed by atoms with Crippen LogP contribution in [0.5, 0.6) is 0 Å². The van der Waals surface area contributed by atoms with E-state index in [2.05, 4.69) is 25.4 Å². The molecule has 1 aromatic carbocycles. The minimum atomic E-state index is -0.112. The highest BCUT2D eigenvalue weighted by Gasteiger charge is 2.13. The number of hydrogen-bond donors (Lipinski definition) is 1. The molecule has 0 heterocycles. The first kappa shape index (κ1) is 13.5. The first-order valence-electron chi connectivity index (χ1n) is 5.69. The van der Waals surface area contributed by atoms with Gasteiger partial charge in [-0.15, -0.1) is 0 Å². The fourth-order valence-corrected chi connectivity index (χ4v) is 1.89. The van der Waals surface area contributed by atoms with Gasteiger partial charge in [0.05, 0.1) is 0 Å². The lowest BCUT2D eigenvalue weighted by atomic mass is 10.0. The molecule has 0 radical (unpaired) electrons. The molecule has 16 heavy (non-hydrogen) atoms. The van der Waals surface area contributed by atoms with Crippen LogP contribution in [0, 0.1) is 5.82 Å². The van der Waals surface area contributed by atoms with Gasteiger partial charge in [-0.1, -0.05) is 32.0 Å². The van der Waals surface area contributed by atoms with Crippen LogP contribution in [0.1, 0.15) is 31.9 Å². The van der Waals surface area contributed by atoms with E-state index in [0.29, 0.717) is 5.25 Å². The van der Waals surface area contributed by atoms with Crippen molar-refractivity contribution in [1.29, 1.82) is 0 Å². The molecule has 90 valence electrons. The van der Waals surface area contributed by atoms with Crippen molar-refractivity contribution in [2.24, 2.45) is 0 Å². The number of thioether (sulfide) groups is 1. The molecular formula is C13H20FNS. The highest BCUT2D eigenvalue weighted by atomic mass is 32.2. The van der Waals surface area contributed by atoms with Crippen LogP contribution in [-0.2, 0) is 0 Å². The van der Waals surface area contributed by atoms with Crippen molar-refractivity contribution in [2.45, 2.75) is 31.6 Å². The van der Waals surface area contributed by atoms with Crippen molar-refractivity contribution < 1.29 is 4.39 Å². The van der Waals surface area contributed by atoms with Crippen molar-refractivity contribution in [2.75, 3.05) is 12.8 Å². The number of halogens is 1. The highest BCUT2D eigenvalue weighted by Crippen LogP contribution is 2.20. The highest BCUT2D eigenvalue weighted by molar-refractivity contribution is 7.99. The number of nitrogens with one attached hydrogen (secondary N) is 1. The molecule has 1 N–H and O–H groups in total. The third-order valence-corrected chi connectivity index (χ3v) is 3.71. The van der Waals surface area contributed by atoms with Crippen LogP contribution in [0.2, 0.25) is 0 Å². The lowest BCUT2D eigenvalue weighted by molar-refractivity contribution is 0.491. The van der Waals surface area contributed by atoms with Gasteiger partial charge in [0.1, 0.15) is 5.82 Å². The van der Waals surface area contributed by atoms with E-state index in [1.54, 1.807) is 6.07 Å². The standard InChI is InChI=1S/C13H20FNS/c1-4-13(15-9-10(2)16-3)11-7-5-6-8-12(11)14/h5-8,10,13,15H,4,9H2,1-3H3. The Morgan fingerprint density at radius 1 is 1.38 bits per heavy atom. The summed E-state index contributed by atoms with van der Waals surface area (Å²) in [5.41, 5.74) is 0.776. The van der Waals surface area contributed by atoms with E-state index in [4.69, 9.17) is 0 Å². The topological polar surface area (TPSA) is 12.0 Å². The summed E-state index contributed by atoms with van der Waals surface area (Å²) < 4.78 is 13.6. The lowest BCUT2D eigenvalue weighted by Gasteiger charge is -2.20. The Bertz CT molecular complexity index is 317. The summed E-state index contributed by atoms with van der Waals surface area (Å²) >= 11 is 1.82. The Morgan fingerprint density at radius 2 is 2.06 bits per heavy atom. The summed E-state index contributed by atoms with van der Waals surface area (Å²) in [7, 11) is 0. The molecule has 2 unspecified atom stereocenters. The average Bonchev–Trinajstić information content (AvgIpc) is 2.31. The Morgan fingerprint density at radius 3 is 2.62 bits per heavy atom. The first-order chi connectivity index (χ1) is 7.69. The molecule has 0 amide bonds. The molecule has 2 atom stereocenters. The molecule has 0 saturated heterocycles. The van der Waals surface area contributed by atoms with Gasteiger partial charge < -0.3 is 5.32 Å². The zero-order chi connectivity index (χ0) is 12.0. The molecule has 3 heteroatoms. The quantitative estimate of drug-likeness (QED) is 0.816. The maximum absolute atomic E-state index is 13.6. The maximum atomic E-state index is 13.6. The fourth-order valence-electron chi connectivity index (χ4n) is 1.62. The largest absolute Gasteiger partial charge is 0.309 e. The van der Waals surface area contributed by atoms with E-state index in [0.717, 1.165) is 18.5 Å². The van der Waals surface area contributed by atoms with Gasteiger partial charge in [0.2, 0.25) is 0 Å². The van der Waals surface area contributed by atoms with Gasteiger partial charge in [-0.05, 0) is 18.7 Å². The zero-order valence-corrected chi connectivity index (χ0v) is 11.0. The molecular weight excluding hydrogens is 221 g/mol. The summed E-state index contributed by atoms with van der Waals surface area (Å²) in [6, 6.07) is 7.13. The summed E-state index contributed by atoms with van der Waals surface area (Å²) in [6.07, 6.45) is 3.00. The number of hydrogen-bond acceptors (Lipinski definition) is 2. The molecule has 0 spiro atoms. The van der Waals surface area contributed by atoms with Crippen molar-refractivity contribution in [3.8, 4) is 0 Å². The van der Waals surface area contributed by atoms with Crippen molar-refractivity contribution in [3.05, 3.63) is 35.6 Å². The van der Waals surface area contributed by atoms with Crippen molar-refractivity contribution >= 4 is 11.8 Å². The number of benzene rings is 1. The fraction of sp³-hybridized carbons (Fsp3) is 0.538. The number of rotatable bonds is 6. The van der Waals surface area contributed by atoms with Crippen molar-refractivity contribution in [3.63, 3.8) is 0 Å². The second kappa shape index (κ2) is 6.92. The van der Waals surface area contributed by atoms with Gasteiger partial charge in [0.25, 0.3) is 0 Å². The van der Waals surface area contributed by atoms with Crippen LogP contribution in [0.15, 0.2) is 24.3 Å². The van der Waals surface area contributed by atoms with E-state index in [-0.39, 0.29) is 11.9 Å². The molecule has 1 aromatic rings. The average molecular weight is 241 g/mol. The molecule has 1 nitrogen and oxygen atoms in total. The van der Waals surface area contributed by atoms with E-state index in [1.807, 2.05) is 23.9 Å². The monoisotopic (exact) mass is 241 g/mol. The molecule has 0 aliphatic rings. The minimum Gasteiger partial charge on any atom is -0.309 e. The Balaban J connectivity index is 2.64. The molecule has 0 aromatic heterocycles. The SMILES string of the molecule is CCC(NCC(C)SC)c1ccccc1F. The van der Waals surface area contributed by atoms with E-state index in [9.17, 15) is 4.39 Å². The molecule has 0 bridgehead atoms. The van der Waals surface area contributed by atoms with Crippen LogP contribution in [0.3, 0.4) is 0 Å². The van der Waals surface area contributed by atoms with Gasteiger partial charge in [-0.25, -0.2) is 4.39 Å². The van der Waals surface area contributed by atoms with E-state index in [1.165, 1.54) is 6.07 Å². The second-order valence-electron chi connectivity index (χ2n) is 3.94. The molecule has 0 aliphatic carbocycles. The predicted molar refractivity (Wildman–Crippen MR) is 70.4 cm³/mol. The molecule has 0 fully saturated rings. The summed E-state index contributed by atoms with van der Waals surface area (Å²) in [5.74, 6) is -0.112. The second-order valence-corrected chi connectivity index (χ2v) is 5.21. The third-order valence-electron chi connectivity index (χ3n) is 2.74. The van der Waals surface area contributed by atoms with Gasteiger partial charge in [-0.3, -0.25) is 0 Å². The maximum Gasteiger partial charge on any atom is 0.127 e. The summed E-state index contributed by atoms with van der Waals surface area (Å²) in [4.78, 5) is 0. The Labute approximate surface area is 102 Å². The van der Waals surface area contributed by atoms with Crippen LogP contribution in [0.4, 0.5) is 4.39 Å². The normalized spacial score (nSPS) is 14.8.